The second kappa shape index (κ2) is 13.2. The molecule has 8 aromatic rings. The van der Waals surface area contributed by atoms with Crippen molar-refractivity contribution in [2.75, 3.05) is 0 Å². The molecule has 0 aliphatic carbocycles. The number of hydrogen-bond acceptors (Lipinski definition) is 2. The molecule has 0 amide bonds. The zero-order valence-corrected chi connectivity index (χ0v) is 27.8. The maximum Gasteiger partial charge on any atom is 0.160 e. The van der Waals surface area contributed by atoms with E-state index in [0.29, 0.717) is 5.82 Å². The van der Waals surface area contributed by atoms with Crippen LogP contribution >= 0.6 is 0 Å². The minimum absolute atomic E-state index is 0.710. The predicted octanol–water partition coefficient (Wildman–Crippen LogP) is 13.0. The molecular formula is C47H36N2. The summed E-state index contributed by atoms with van der Waals surface area (Å²) in [6.07, 6.45) is 7.57. The van der Waals surface area contributed by atoms with Crippen LogP contribution in [0.2, 0.25) is 0 Å². The molecule has 0 fully saturated rings. The van der Waals surface area contributed by atoms with E-state index in [1.807, 2.05) is 6.07 Å². The van der Waals surface area contributed by atoms with Crippen molar-refractivity contribution in [1.29, 1.82) is 0 Å². The fraction of sp³-hybridized carbons (Fsp3) is 0.0638. The molecule has 234 valence electrons. The maximum atomic E-state index is 5.25. The fourth-order valence-corrected chi connectivity index (χ4v) is 6.84. The van der Waals surface area contributed by atoms with Gasteiger partial charge in [-0.1, -0.05) is 159 Å². The van der Waals surface area contributed by atoms with Gasteiger partial charge in [-0.25, -0.2) is 9.97 Å². The summed E-state index contributed by atoms with van der Waals surface area (Å²) in [5, 5.41) is 7.45. The van der Waals surface area contributed by atoms with Crippen molar-refractivity contribution in [2.24, 2.45) is 0 Å². The number of rotatable bonds is 7. The molecule has 0 radical (unpaired) electrons. The molecule has 0 spiro atoms. The number of nitrogens with zero attached hydrogens (tertiary/aromatic N) is 2. The van der Waals surface area contributed by atoms with Crippen LogP contribution in [0.5, 0.6) is 0 Å². The van der Waals surface area contributed by atoms with E-state index in [4.69, 9.17) is 9.97 Å². The summed E-state index contributed by atoms with van der Waals surface area (Å²) in [5.74, 6) is 0.710. The average molecular weight is 629 g/mol. The van der Waals surface area contributed by atoms with Crippen LogP contribution in [-0.2, 0) is 0 Å². The van der Waals surface area contributed by atoms with Gasteiger partial charge in [-0.05, 0) is 86.1 Å². The van der Waals surface area contributed by atoms with Gasteiger partial charge in [0.25, 0.3) is 0 Å². The monoisotopic (exact) mass is 628 g/mol. The molecule has 2 heteroatoms. The summed E-state index contributed by atoms with van der Waals surface area (Å²) >= 11 is 0. The van der Waals surface area contributed by atoms with Crippen LogP contribution in [0.15, 0.2) is 170 Å². The van der Waals surface area contributed by atoms with Gasteiger partial charge in [-0.2, -0.15) is 0 Å². The van der Waals surface area contributed by atoms with Gasteiger partial charge in [-0.3, -0.25) is 0 Å². The molecule has 8 rings (SSSR count). The molecule has 1 heterocycles. The molecule has 0 N–H and O–H groups in total. The van der Waals surface area contributed by atoms with Crippen molar-refractivity contribution in [3.63, 3.8) is 0 Å². The average Bonchev–Trinajstić information content (AvgIpc) is 3.18. The number of fused-ring (bicyclic) bond motifs is 6. The summed E-state index contributed by atoms with van der Waals surface area (Å²) in [7, 11) is 0. The molecule has 0 unspecified atom stereocenters. The second-order valence-electron chi connectivity index (χ2n) is 12.4. The molecule has 0 aliphatic rings. The predicted molar refractivity (Wildman–Crippen MR) is 209 cm³/mol. The minimum atomic E-state index is 0.710. The summed E-state index contributed by atoms with van der Waals surface area (Å²) in [6.45, 7) is 4.25. The molecule has 0 atom stereocenters. The van der Waals surface area contributed by atoms with Crippen LogP contribution in [0.4, 0.5) is 0 Å². The lowest BCUT2D eigenvalue weighted by Gasteiger charge is -2.13. The van der Waals surface area contributed by atoms with E-state index in [9.17, 15) is 0 Å². The molecule has 0 saturated carbocycles. The van der Waals surface area contributed by atoms with Crippen molar-refractivity contribution in [3.05, 3.63) is 175 Å². The second-order valence-corrected chi connectivity index (χ2v) is 12.4. The van der Waals surface area contributed by atoms with Gasteiger partial charge < -0.3 is 0 Å². The van der Waals surface area contributed by atoms with E-state index < -0.39 is 0 Å². The normalized spacial score (nSPS) is 12.0. The van der Waals surface area contributed by atoms with Gasteiger partial charge in [0.2, 0.25) is 0 Å². The molecule has 0 bridgehead atoms. The van der Waals surface area contributed by atoms with Gasteiger partial charge in [0.05, 0.1) is 11.4 Å². The van der Waals surface area contributed by atoms with Gasteiger partial charge in [-0.15, -0.1) is 0 Å². The van der Waals surface area contributed by atoms with E-state index >= 15 is 0 Å². The zero-order valence-electron chi connectivity index (χ0n) is 27.8. The minimum Gasteiger partial charge on any atom is -0.228 e. The number of benzene rings is 7. The highest BCUT2D eigenvalue weighted by Crippen LogP contribution is 2.37. The lowest BCUT2D eigenvalue weighted by Crippen LogP contribution is -1.97. The number of hydrogen-bond donors (Lipinski definition) is 0. The third-order valence-electron chi connectivity index (χ3n) is 9.35. The quantitative estimate of drug-likeness (QED) is 0.130. The molecule has 0 aliphatic heterocycles. The lowest BCUT2D eigenvalue weighted by atomic mass is 9.93. The first kappa shape index (κ1) is 30.2. The van der Waals surface area contributed by atoms with Crippen molar-refractivity contribution >= 4 is 37.9 Å². The van der Waals surface area contributed by atoms with Crippen molar-refractivity contribution < 1.29 is 0 Å². The van der Waals surface area contributed by atoms with Gasteiger partial charge in [0, 0.05) is 16.7 Å². The Hall–Kier alpha value is -6.12. The Balaban J connectivity index is 1.31. The first-order valence-corrected chi connectivity index (χ1v) is 17.0. The Bertz CT molecular complexity index is 2490. The van der Waals surface area contributed by atoms with Gasteiger partial charge in [0.1, 0.15) is 0 Å². The molecule has 2 nitrogen and oxygen atoms in total. The highest BCUT2D eigenvalue weighted by atomic mass is 14.9. The zero-order chi connectivity index (χ0) is 33.2. The third kappa shape index (κ3) is 5.83. The fourth-order valence-electron chi connectivity index (χ4n) is 6.84. The van der Waals surface area contributed by atoms with Crippen LogP contribution in [0.1, 0.15) is 25.8 Å². The van der Waals surface area contributed by atoms with Crippen molar-refractivity contribution in [1.82, 2.24) is 9.97 Å². The Morgan fingerprint density at radius 1 is 0.469 bits per heavy atom. The van der Waals surface area contributed by atoms with Crippen molar-refractivity contribution in [2.45, 2.75) is 20.3 Å². The Morgan fingerprint density at radius 3 is 1.65 bits per heavy atom. The van der Waals surface area contributed by atoms with Crippen LogP contribution in [0.3, 0.4) is 0 Å². The van der Waals surface area contributed by atoms with Crippen LogP contribution in [0, 0.1) is 0 Å². The smallest absolute Gasteiger partial charge is 0.160 e. The van der Waals surface area contributed by atoms with E-state index in [-0.39, 0.29) is 0 Å². The summed E-state index contributed by atoms with van der Waals surface area (Å²) in [4.78, 5) is 10.5. The maximum absolute atomic E-state index is 5.25. The van der Waals surface area contributed by atoms with Crippen LogP contribution in [-0.4, -0.2) is 9.97 Å². The highest BCUT2D eigenvalue weighted by Gasteiger charge is 2.15. The Kier molecular flexibility index (Phi) is 8.13. The van der Waals surface area contributed by atoms with Crippen LogP contribution in [0.25, 0.3) is 82.9 Å². The lowest BCUT2D eigenvalue weighted by molar-refractivity contribution is 1.18. The SMILES string of the molecule is C/C=C(\C=C/CC)c1cccc(-c2cc(-c3ccc(-c4ccccc4)cc3)nc(-c3ccc4c5ccccc5c5ccccc5c4c3)n2)c1. The first-order valence-electron chi connectivity index (χ1n) is 17.0. The Morgan fingerprint density at radius 2 is 1.00 bits per heavy atom. The largest absolute Gasteiger partial charge is 0.228 e. The Labute approximate surface area is 287 Å². The summed E-state index contributed by atoms with van der Waals surface area (Å²) in [5.41, 5.74) is 9.64. The topological polar surface area (TPSA) is 25.8 Å². The van der Waals surface area contributed by atoms with Gasteiger partial charge in [0.15, 0.2) is 5.82 Å². The van der Waals surface area contributed by atoms with Crippen LogP contribution < -0.4 is 0 Å². The molecule has 49 heavy (non-hydrogen) atoms. The van der Waals surface area contributed by atoms with Crippen molar-refractivity contribution in [3.8, 4) is 45.0 Å². The van der Waals surface area contributed by atoms with Gasteiger partial charge >= 0.3 is 0 Å². The summed E-state index contributed by atoms with van der Waals surface area (Å²) < 4.78 is 0. The third-order valence-corrected chi connectivity index (χ3v) is 9.35. The van der Waals surface area contributed by atoms with E-state index in [1.165, 1.54) is 54.6 Å². The first-order chi connectivity index (χ1) is 24.2. The number of aromatic nitrogens is 2. The molecule has 0 saturated heterocycles. The van der Waals surface area contributed by atoms with E-state index in [2.05, 4.69) is 178 Å². The highest BCUT2D eigenvalue weighted by molar-refractivity contribution is 6.25. The number of allylic oxidation sites excluding steroid dienone is 4. The standard InChI is InChI=1S/C47H36N2/c1-3-5-14-32(4-2)36-17-13-18-37(29-36)46-31-45(35-25-23-34(24-26-35)33-15-7-6-8-16-33)48-47(49-46)38-27-28-43-41-21-10-9-19-39(41)40-20-11-12-22-42(40)44(43)30-38/h4-31H,3H2,1-2H3/b14-5-,32-4+. The summed E-state index contributed by atoms with van der Waals surface area (Å²) in [6, 6.07) is 54.1. The van der Waals surface area contributed by atoms with E-state index in [1.54, 1.807) is 0 Å². The molecule has 1 aromatic heterocycles. The molecule has 7 aromatic carbocycles. The molecular weight excluding hydrogens is 593 g/mol. The van der Waals surface area contributed by atoms with E-state index in [0.717, 1.165) is 34.5 Å².